The van der Waals surface area contributed by atoms with Crippen LogP contribution in [-0.4, -0.2) is 19.6 Å². The second-order valence-corrected chi connectivity index (χ2v) is 1.29. The van der Waals surface area contributed by atoms with Crippen molar-refractivity contribution in [3.8, 4) is 0 Å². The minimum atomic E-state index is -0.116. The summed E-state index contributed by atoms with van der Waals surface area (Å²) in [5.74, 6) is -0.116. The van der Waals surface area contributed by atoms with E-state index in [1.165, 1.54) is 7.11 Å². The lowest BCUT2D eigenvalue weighted by atomic mass is 10.6. The first-order chi connectivity index (χ1) is 3.81. The average Bonchev–Trinajstić information content (AvgIpc) is 1.68. The molecule has 0 fully saturated rings. The van der Waals surface area contributed by atoms with Gasteiger partial charge in [-0.1, -0.05) is 0 Å². The monoisotopic (exact) mass is 116 g/mol. The third kappa shape index (κ3) is 3.61. The molecule has 47 valence electrons. The summed E-state index contributed by atoms with van der Waals surface area (Å²) in [5.41, 5.74) is 0. The SMILES string of the molecule is C[CH]NC(=O)COC. The topological polar surface area (TPSA) is 38.3 Å². The highest BCUT2D eigenvalue weighted by Crippen LogP contribution is 1.69. The van der Waals surface area contributed by atoms with Gasteiger partial charge in [-0.2, -0.15) is 0 Å². The quantitative estimate of drug-likeness (QED) is 0.560. The van der Waals surface area contributed by atoms with E-state index in [1.807, 2.05) is 0 Å². The van der Waals surface area contributed by atoms with Crippen LogP contribution >= 0.6 is 0 Å². The van der Waals surface area contributed by atoms with Crippen molar-refractivity contribution in [1.82, 2.24) is 5.32 Å². The summed E-state index contributed by atoms with van der Waals surface area (Å²) in [4.78, 5) is 10.4. The Bertz CT molecular complexity index is 64.8. The van der Waals surface area contributed by atoms with Crippen molar-refractivity contribution in [3.63, 3.8) is 0 Å². The summed E-state index contributed by atoms with van der Waals surface area (Å²) in [6.07, 6.45) is 0. The van der Waals surface area contributed by atoms with Gasteiger partial charge < -0.3 is 10.1 Å². The number of carbonyl (C=O) groups is 1. The molecule has 8 heavy (non-hydrogen) atoms. The maximum atomic E-state index is 10.4. The summed E-state index contributed by atoms with van der Waals surface area (Å²) < 4.78 is 4.52. The van der Waals surface area contributed by atoms with Gasteiger partial charge in [0.05, 0.1) is 0 Å². The predicted molar refractivity (Wildman–Crippen MR) is 30.0 cm³/mol. The Kier molecular flexibility index (Phi) is 4.26. The second-order valence-electron chi connectivity index (χ2n) is 1.29. The highest BCUT2D eigenvalue weighted by atomic mass is 16.5. The summed E-state index contributed by atoms with van der Waals surface area (Å²) in [7, 11) is 1.48. The fourth-order valence-electron chi connectivity index (χ4n) is 0.334. The molecule has 0 spiro atoms. The molecule has 0 rings (SSSR count). The number of carbonyl (C=O) groups excluding carboxylic acids is 1. The van der Waals surface area contributed by atoms with Crippen LogP contribution in [0.2, 0.25) is 0 Å². The van der Waals surface area contributed by atoms with Crippen molar-refractivity contribution >= 4 is 5.91 Å². The highest BCUT2D eigenvalue weighted by Gasteiger charge is 1.93. The van der Waals surface area contributed by atoms with E-state index in [0.29, 0.717) is 0 Å². The number of ether oxygens (including phenoxy) is 1. The number of rotatable bonds is 3. The number of amides is 1. The molecule has 0 aliphatic carbocycles. The minimum absolute atomic E-state index is 0.116. The molecule has 1 N–H and O–H groups in total. The molecule has 0 aliphatic heterocycles. The van der Waals surface area contributed by atoms with Gasteiger partial charge in [-0.25, -0.2) is 0 Å². The van der Waals surface area contributed by atoms with E-state index in [-0.39, 0.29) is 12.5 Å². The number of nitrogens with one attached hydrogen (secondary N) is 1. The Balaban J connectivity index is 3.06. The summed E-state index contributed by atoms with van der Waals surface area (Å²) in [5, 5.41) is 2.46. The van der Waals surface area contributed by atoms with Gasteiger partial charge in [0.1, 0.15) is 6.61 Å². The molecule has 0 saturated carbocycles. The Labute approximate surface area is 49.0 Å². The summed E-state index contributed by atoms with van der Waals surface area (Å²) in [6.45, 7) is 3.44. The van der Waals surface area contributed by atoms with Gasteiger partial charge in [0.25, 0.3) is 0 Å². The third-order valence-electron chi connectivity index (χ3n) is 0.581. The number of hydrogen-bond donors (Lipinski definition) is 1. The van der Waals surface area contributed by atoms with E-state index >= 15 is 0 Å². The van der Waals surface area contributed by atoms with Crippen LogP contribution in [0.1, 0.15) is 6.92 Å². The first-order valence-electron chi connectivity index (χ1n) is 2.37. The zero-order valence-corrected chi connectivity index (χ0v) is 5.10. The van der Waals surface area contributed by atoms with Crippen molar-refractivity contribution in [2.45, 2.75) is 6.92 Å². The fourth-order valence-corrected chi connectivity index (χ4v) is 0.334. The smallest absolute Gasteiger partial charge is 0.246 e. The molecule has 3 heteroatoms. The molecule has 0 unspecified atom stereocenters. The minimum Gasteiger partial charge on any atom is -0.375 e. The number of hydrogen-bond acceptors (Lipinski definition) is 2. The second kappa shape index (κ2) is 4.59. The largest absolute Gasteiger partial charge is 0.375 e. The zero-order valence-electron chi connectivity index (χ0n) is 5.10. The van der Waals surface area contributed by atoms with Crippen LogP contribution in [0.15, 0.2) is 0 Å². The van der Waals surface area contributed by atoms with Gasteiger partial charge in [0, 0.05) is 13.7 Å². The van der Waals surface area contributed by atoms with E-state index < -0.39 is 0 Å². The van der Waals surface area contributed by atoms with E-state index in [9.17, 15) is 4.79 Å². The van der Waals surface area contributed by atoms with E-state index in [4.69, 9.17) is 0 Å². The summed E-state index contributed by atoms with van der Waals surface area (Å²) in [6, 6.07) is 0. The van der Waals surface area contributed by atoms with Crippen molar-refractivity contribution in [3.05, 3.63) is 6.54 Å². The molecule has 1 amide bonds. The van der Waals surface area contributed by atoms with Crippen LogP contribution < -0.4 is 5.32 Å². The van der Waals surface area contributed by atoms with Crippen molar-refractivity contribution in [2.24, 2.45) is 0 Å². The lowest BCUT2D eigenvalue weighted by Crippen LogP contribution is -2.23. The normalized spacial score (nSPS) is 8.75. The molecule has 3 nitrogen and oxygen atoms in total. The molecule has 0 atom stereocenters. The van der Waals surface area contributed by atoms with Crippen LogP contribution in [0.5, 0.6) is 0 Å². The van der Waals surface area contributed by atoms with Crippen molar-refractivity contribution < 1.29 is 9.53 Å². The number of methoxy groups -OCH3 is 1. The molecule has 0 saturated heterocycles. The third-order valence-corrected chi connectivity index (χ3v) is 0.581. The van der Waals surface area contributed by atoms with Crippen LogP contribution in [0.4, 0.5) is 0 Å². The van der Waals surface area contributed by atoms with E-state index in [2.05, 4.69) is 10.1 Å². The van der Waals surface area contributed by atoms with E-state index in [0.717, 1.165) is 0 Å². The van der Waals surface area contributed by atoms with Crippen LogP contribution in [0.25, 0.3) is 0 Å². The molecular weight excluding hydrogens is 106 g/mol. The lowest BCUT2D eigenvalue weighted by Gasteiger charge is -1.96. The first-order valence-corrected chi connectivity index (χ1v) is 2.37. The molecule has 0 aliphatic rings. The summed E-state index contributed by atoms with van der Waals surface area (Å²) >= 11 is 0. The molecule has 0 aromatic rings. The van der Waals surface area contributed by atoms with Gasteiger partial charge in [-0.3, -0.25) is 4.79 Å². The average molecular weight is 116 g/mol. The predicted octanol–water partition coefficient (Wildman–Crippen LogP) is -0.0693. The highest BCUT2D eigenvalue weighted by molar-refractivity contribution is 5.77. The van der Waals surface area contributed by atoms with Gasteiger partial charge >= 0.3 is 0 Å². The molecule has 0 bridgehead atoms. The first kappa shape index (κ1) is 7.43. The lowest BCUT2D eigenvalue weighted by molar-refractivity contribution is -0.124. The molecule has 0 heterocycles. The van der Waals surface area contributed by atoms with Crippen LogP contribution in [-0.2, 0) is 9.53 Å². The standard InChI is InChI=1S/C5H10NO2/c1-3-6-5(7)4-8-2/h3H,4H2,1-2H3,(H,6,7). The van der Waals surface area contributed by atoms with Gasteiger partial charge in [-0.15, -0.1) is 0 Å². The Hall–Kier alpha value is -0.570. The van der Waals surface area contributed by atoms with E-state index in [1.54, 1.807) is 13.5 Å². The molecule has 0 aromatic heterocycles. The Morgan fingerprint density at radius 1 is 1.88 bits per heavy atom. The Morgan fingerprint density at radius 2 is 2.50 bits per heavy atom. The molecular formula is C5H10NO2. The maximum Gasteiger partial charge on any atom is 0.246 e. The fraction of sp³-hybridized carbons (Fsp3) is 0.600. The maximum absolute atomic E-state index is 10.4. The van der Waals surface area contributed by atoms with Crippen molar-refractivity contribution in [1.29, 1.82) is 0 Å². The van der Waals surface area contributed by atoms with Gasteiger partial charge in [0.15, 0.2) is 0 Å². The van der Waals surface area contributed by atoms with Gasteiger partial charge in [0.2, 0.25) is 5.91 Å². The van der Waals surface area contributed by atoms with Crippen LogP contribution in [0.3, 0.4) is 0 Å². The molecule has 1 radical (unpaired) electrons. The van der Waals surface area contributed by atoms with Gasteiger partial charge in [-0.05, 0) is 6.92 Å². The Morgan fingerprint density at radius 3 is 2.88 bits per heavy atom. The zero-order chi connectivity index (χ0) is 6.41. The van der Waals surface area contributed by atoms with Crippen molar-refractivity contribution in [2.75, 3.05) is 13.7 Å². The van der Waals surface area contributed by atoms with Crippen LogP contribution in [0, 0.1) is 6.54 Å². The molecule has 0 aromatic carbocycles.